The van der Waals surface area contributed by atoms with Crippen LogP contribution < -0.4 is 5.73 Å². The first-order valence-corrected chi connectivity index (χ1v) is 2.95. The number of allylic oxidation sites excluding steroid dienone is 1. The summed E-state index contributed by atoms with van der Waals surface area (Å²) in [5.41, 5.74) is 3.68. The zero-order valence-electron chi connectivity index (χ0n) is 6.39. The average molecular weight is 179 g/mol. The summed E-state index contributed by atoms with van der Waals surface area (Å²) in [6, 6.07) is 0. The van der Waals surface area contributed by atoms with Gasteiger partial charge in [-0.1, -0.05) is 0 Å². The number of hydrogen-bond acceptors (Lipinski definition) is 3. The van der Waals surface area contributed by atoms with Crippen LogP contribution in [0.4, 0.5) is 13.2 Å². The van der Waals surface area contributed by atoms with Gasteiger partial charge in [-0.05, 0) is 13.6 Å². The summed E-state index contributed by atoms with van der Waals surface area (Å²) in [5, 5.41) is 0. The van der Waals surface area contributed by atoms with Gasteiger partial charge in [0.15, 0.2) is 11.5 Å². The first kappa shape index (κ1) is 10.7. The Hall–Kier alpha value is -1.33. The van der Waals surface area contributed by atoms with Crippen LogP contribution in [-0.2, 0) is 0 Å². The van der Waals surface area contributed by atoms with Crippen molar-refractivity contribution in [3.05, 3.63) is 11.5 Å². The smallest absolute Gasteiger partial charge is 0.382 e. The Morgan fingerprint density at radius 3 is 2.25 bits per heavy atom. The van der Waals surface area contributed by atoms with Crippen LogP contribution in [0.1, 0.15) is 6.92 Å². The molecule has 0 radical (unpaired) electrons. The van der Waals surface area contributed by atoms with Crippen molar-refractivity contribution in [1.29, 1.82) is 0 Å². The molecular weight excluding hydrogens is 171 g/mol. The Balaban J connectivity index is 5.05. The Bertz CT molecular complexity index is 227. The number of nitrogens with two attached hydrogens (primary N) is 1. The highest BCUT2D eigenvalue weighted by molar-refractivity contribution is 5.56. The van der Waals surface area contributed by atoms with Crippen LogP contribution in [0, 0.1) is 0 Å². The molecule has 0 amide bonds. The van der Waals surface area contributed by atoms with Crippen molar-refractivity contribution < 1.29 is 13.2 Å². The molecule has 0 aromatic heterocycles. The highest BCUT2D eigenvalue weighted by Gasteiger charge is 2.36. The third-order valence-corrected chi connectivity index (χ3v) is 0.940. The summed E-state index contributed by atoms with van der Waals surface area (Å²) in [6.45, 7) is 4.22. The van der Waals surface area contributed by atoms with Crippen molar-refractivity contribution in [2.24, 2.45) is 15.7 Å². The van der Waals surface area contributed by atoms with E-state index in [1.54, 1.807) is 0 Å². The van der Waals surface area contributed by atoms with E-state index < -0.39 is 17.7 Å². The van der Waals surface area contributed by atoms with Crippen LogP contribution in [0.5, 0.6) is 0 Å². The molecule has 0 fully saturated rings. The van der Waals surface area contributed by atoms with Crippen molar-refractivity contribution >= 4 is 12.9 Å². The van der Waals surface area contributed by atoms with Crippen LogP contribution in [0.3, 0.4) is 0 Å². The fourth-order valence-corrected chi connectivity index (χ4v) is 0.489. The lowest BCUT2D eigenvalue weighted by atomic mass is 10.4. The molecule has 0 aromatic carbocycles. The minimum atomic E-state index is -4.59. The molecule has 0 aromatic rings. The maximum atomic E-state index is 12.0. The Morgan fingerprint density at radius 2 is 2.00 bits per heavy atom. The maximum absolute atomic E-state index is 12.0. The largest absolute Gasteiger partial charge is 0.437 e. The quantitative estimate of drug-likeness (QED) is 0.641. The molecule has 0 saturated heterocycles. The van der Waals surface area contributed by atoms with Gasteiger partial charge in [-0.15, -0.1) is 0 Å². The van der Waals surface area contributed by atoms with E-state index in [0.29, 0.717) is 0 Å². The molecule has 0 heterocycles. The van der Waals surface area contributed by atoms with Gasteiger partial charge < -0.3 is 5.73 Å². The summed E-state index contributed by atoms with van der Waals surface area (Å²) in [6.07, 6.45) is -3.60. The second kappa shape index (κ2) is 3.89. The van der Waals surface area contributed by atoms with Gasteiger partial charge in [0.25, 0.3) is 0 Å². The van der Waals surface area contributed by atoms with E-state index in [-0.39, 0.29) is 0 Å². The SMILES string of the molecule is C=N/C(N)=C(\N=C/C)C(F)(F)F. The second-order valence-corrected chi connectivity index (χ2v) is 1.78. The third kappa shape index (κ3) is 2.73. The van der Waals surface area contributed by atoms with Gasteiger partial charge in [-0.25, -0.2) is 4.99 Å². The summed E-state index contributed by atoms with van der Waals surface area (Å²) in [4.78, 5) is 5.98. The molecule has 3 nitrogen and oxygen atoms in total. The molecule has 0 atom stereocenters. The van der Waals surface area contributed by atoms with E-state index in [2.05, 4.69) is 16.7 Å². The maximum Gasteiger partial charge on any atom is 0.437 e. The van der Waals surface area contributed by atoms with Gasteiger partial charge in [0.2, 0.25) is 0 Å². The van der Waals surface area contributed by atoms with Crippen LogP contribution in [0.2, 0.25) is 0 Å². The van der Waals surface area contributed by atoms with E-state index >= 15 is 0 Å². The van der Waals surface area contributed by atoms with E-state index in [4.69, 9.17) is 5.73 Å². The minimum Gasteiger partial charge on any atom is -0.382 e. The van der Waals surface area contributed by atoms with Gasteiger partial charge in [-0.3, -0.25) is 4.99 Å². The van der Waals surface area contributed by atoms with Crippen LogP contribution in [-0.4, -0.2) is 19.1 Å². The lowest BCUT2D eigenvalue weighted by Gasteiger charge is -2.06. The van der Waals surface area contributed by atoms with E-state index in [0.717, 1.165) is 6.21 Å². The van der Waals surface area contributed by atoms with Crippen molar-refractivity contribution in [3.8, 4) is 0 Å². The number of hydrogen-bond donors (Lipinski definition) is 1. The van der Waals surface area contributed by atoms with Crippen molar-refractivity contribution in [3.63, 3.8) is 0 Å². The Morgan fingerprint density at radius 1 is 1.50 bits per heavy atom. The lowest BCUT2D eigenvalue weighted by Crippen LogP contribution is -2.15. The Kier molecular flexibility index (Phi) is 3.46. The average Bonchev–Trinajstić information content (AvgIpc) is 1.96. The topological polar surface area (TPSA) is 50.7 Å². The molecule has 0 rings (SSSR count). The molecule has 0 aliphatic carbocycles. The molecule has 2 N–H and O–H groups in total. The zero-order chi connectivity index (χ0) is 9.78. The van der Waals surface area contributed by atoms with E-state index in [1.165, 1.54) is 6.92 Å². The number of halogens is 3. The highest BCUT2D eigenvalue weighted by atomic mass is 19.4. The lowest BCUT2D eigenvalue weighted by molar-refractivity contribution is -0.0932. The van der Waals surface area contributed by atoms with Gasteiger partial charge in [0, 0.05) is 6.21 Å². The molecule has 0 aliphatic rings. The van der Waals surface area contributed by atoms with Crippen LogP contribution in [0.15, 0.2) is 21.5 Å². The van der Waals surface area contributed by atoms with Gasteiger partial charge in [0.05, 0.1) is 0 Å². The number of nitrogens with zero attached hydrogens (tertiary/aromatic N) is 2. The standard InChI is InChI=1S/C6H8F3N3/c1-3-12-4(5(10)11-2)6(7,8)9/h3H,2,10H2,1H3/b5-4-,12-3-. The molecule has 0 unspecified atom stereocenters. The molecule has 68 valence electrons. The predicted octanol–water partition coefficient (Wildman–Crippen LogP) is 1.47. The fraction of sp³-hybridized carbons (Fsp3) is 0.333. The number of rotatable bonds is 2. The zero-order valence-corrected chi connectivity index (χ0v) is 6.39. The molecule has 6 heteroatoms. The molecule has 0 spiro atoms. The van der Waals surface area contributed by atoms with Gasteiger partial charge in [0.1, 0.15) is 0 Å². The third-order valence-electron chi connectivity index (χ3n) is 0.940. The summed E-state index contributed by atoms with van der Waals surface area (Å²) in [7, 11) is 0. The molecular formula is C6H8F3N3. The summed E-state index contributed by atoms with van der Waals surface area (Å²) >= 11 is 0. The summed E-state index contributed by atoms with van der Waals surface area (Å²) < 4.78 is 36.0. The molecule has 0 saturated carbocycles. The monoisotopic (exact) mass is 179 g/mol. The number of aliphatic imine (C=N–C) groups is 2. The first-order valence-electron chi connectivity index (χ1n) is 2.95. The summed E-state index contributed by atoms with van der Waals surface area (Å²) in [5.74, 6) is -0.722. The number of alkyl halides is 3. The Labute approximate surface area is 67.5 Å². The van der Waals surface area contributed by atoms with Crippen molar-refractivity contribution in [2.75, 3.05) is 0 Å². The van der Waals surface area contributed by atoms with Gasteiger partial charge >= 0.3 is 6.18 Å². The minimum absolute atomic E-state index is 0.722. The molecule has 0 aliphatic heterocycles. The normalized spacial score (nSPS) is 14.7. The molecule has 12 heavy (non-hydrogen) atoms. The fourth-order valence-electron chi connectivity index (χ4n) is 0.489. The van der Waals surface area contributed by atoms with Gasteiger partial charge in [-0.2, -0.15) is 13.2 Å². The van der Waals surface area contributed by atoms with Crippen molar-refractivity contribution in [1.82, 2.24) is 0 Å². The van der Waals surface area contributed by atoms with Crippen LogP contribution >= 0.6 is 0 Å². The van der Waals surface area contributed by atoms with E-state index in [1.807, 2.05) is 0 Å². The first-order chi connectivity index (χ1) is 5.43. The van der Waals surface area contributed by atoms with Crippen LogP contribution in [0.25, 0.3) is 0 Å². The highest BCUT2D eigenvalue weighted by Crippen LogP contribution is 2.27. The molecule has 0 bridgehead atoms. The second-order valence-electron chi connectivity index (χ2n) is 1.78. The van der Waals surface area contributed by atoms with E-state index in [9.17, 15) is 13.2 Å². The predicted molar refractivity (Wildman–Crippen MR) is 41.0 cm³/mol. The van der Waals surface area contributed by atoms with Crippen molar-refractivity contribution in [2.45, 2.75) is 13.1 Å².